The lowest BCUT2D eigenvalue weighted by molar-refractivity contribution is -0.0187. The van der Waals surface area contributed by atoms with Crippen molar-refractivity contribution in [1.82, 2.24) is 4.90 Å². The van der Waals surface area contributed by atoms with Gasteiger partial charge >= 0.3 is 0 Å². The Morgan fingerprint density at radius 1 is 0.966 bits per heavy atom. The van der Waals surface area contributed by atoms with Gasteiger partial charge in [0.2, 0.25) is 0 Å². The van der Waals surface area contributed by atoms with Crippen LogP contribution >= 0.6 is 0 Å². The molecule has 3 heteroatoms. The number of hydrogen-bond acceptors (Lipinski definition) is 3. The highest BCUT2D eigenvalue weighted by molar-refractivity contribution is 5.35. The second-order valence-electron chi connectivity index (χ2n) is 8.91. The summed E-state index contributed by atoms with van der Waals surface area (Å²) in [7, 11) is 1.68. The molecule has 0 spiro atoms. The van der Waals surface area contributed by atoms with E-state index >= 15 is 0 Å². The minimum absolute atomic E-state index is 0.0361. The lowest BCUT2D eigenvalue weighted by Gasteiger charge is -2.41. The molecule has 1 N–H and O–H groups in total. The van der Waals surface area contributed by atoms with Crippen LogP contribution in [0.3, 0.4) is 0 Å². The van der Waals surface area contributed by atoms with Crippen LogP contribution in [-0.4, -0.2) is 36.8 Å². The second kappa shape index (κ2) is 10.3. The van der Waals surface area contributed by atoms with Crippen molar-refractivity contribution in [2.24, 2.45) is 5.92 Å². The second-order valence-corrected chi connectivity index (χ2v) is 8.91. The van der Waals surface area contributed by atoms with Crippen LogP contribution in [0.1, 0.15) is 63.0 Å². The zero-order valence-electron chi connectivity index (χ0n) is 18.3. The SMILES string of the molecule is COc1ccc(C(O)(CCC(C)C)C(CN2CCCCC2)c2ccccc2)cc1. The Morgan fingerprint density at radius 3 is 2.21 bits per heavy atom. The summed E-state index contributed by atoms with van der Waals surface area (Å²) in [6.45, 7) is 7.62. The van der Waals surface area contributed by atoms with Gasteiger partial charge in [-0.2, -0.15) is 0 Å². The quantitative estimate of drug-likeness (QED) is 0.601. The minimum atomic E-state index is -0.907. The van der Waals surface area contributed by atoms with Crippen molar-refractivity contribution < 1.29 is 9.84 Å². The lowest BCUT2D eigenvalue weighted by atomic mass is 9.73. The Hall–Kier alpha value is -1.84. The highest BCUT2D eigenvalue weighted by atomic mass is 16.5. The first kappa shape index (κ1) is 21.9. The molecule has 2 aromatic rings. The molecule has 0 saturated carbocycles. The molecule has 29 heavy (non-hydrogen) atoms. The smallest absolute Gasteiger partial charge is 0.118 e. The van der Waals surface area contributed by atoms with E-state index in [1.807, 2.05) is 24.3 Å². The van der Waals surface area contributed by atoms with Crippen LogP contribution in [0.4, 0.5) is 0 Å². The number of hydrogen-bond donors (Lipinski definition) is 1. The number of aliphatic hydroxyl groups is 1. The molecule has 2 unspecified atom stereocenters. The molecule has 1 saturated heterocycles. The van der Waals surface area contributed by atoms with Crippen LogP contribution in [0.2, 0.25) is 0 Å². The van der Waals surface area contributed by atoms with Crippen LogP contribution < -0.4 is 4.74 Å². The van der Waals surface area contributed by atoms with Gasteiger partial charge in [-0.15, -0.1) is 0 Å². The number of benzene rings is 2. The van der Waals surface area contributed by atoms with Crippen molar-refractivity contribution >= 4 is 0 Å². The van der Waals surface area contributed by atoms with E-state index in [2.05, 4.69) is 49.1 Å². The number of methoxy groups -OCH3 is 1. The molecule has 0 radical (unpaired) electrons. The number of ether oxygens (including phenoxy) is 1. The summed E-state index contributed by atoms with van der Waals surface area (Å²) in [6, 6.07) is 18.6. The minimum Gasteiger partial charge on any atom is -0.497 e. The molecule has 0 aliphatic carbocycles. The Kier molecular flexibility index (Phi) is 7.74. The van der Waals surface area contributed by atoms with Gasteiger partial charge in [0.15, 0.2) is 0 Å². The normalized spacial score (nSPS) is 18.4. The molecule has 0 amide bonds. The van der Waals surface area contributed by atoms with Gasteiger partial charge in [0, 0.05) is 12.5 Å². The first-order chi connectivity index (χ1) is 14.0. The van der Waals surface area contributed by atoms with Gasteiger partial charge < -0.3 is 14.7 Å². The summed E-state index contributed by atoms with van der Waals surface area (Å²) in [6.07, 6.45) is 5.59. The largest absolute Gasteiger partial charge is 0.497 e. The maximum atomic E-state index is 12.3. The van der Waals surface area contributed by atoms with Crippen molar-refractivity contribution in [2.45, 2.75) is 57.5 Å². The molecule has 1 aliphatic heterocycles. The van der Waals surface area contributed by atoms with Crippen LogP contribution in [0.25, 0.3) is 0 Å². The standard InChI is InChI=1S/C26H37NO2/c1-21(2)16-17-26(28,23-12-14-24(29-3)15-13-23)25(22-10-6-4-7-11-22)20-27-18-8-5-9-19-27/h4,6-7,10-15,21,25,28H,5,8-9,16-20H2,1-3H3. The fourth-order valence-electron chi connectivity index (χ4n) is 4.53. The highest BCUT2D eigenvalue weighted by Gasteiger charge is 2.40. The molecular weight excluding hydrogens is 358 g/mol. The third-order valence-corrected chi connectivity index (χ3v) is 6.36. The van der Waals surface area contributed by atoms with Gasteiger partial charge in [0.1, 0.15) is 5.75 Å². The van der Waals surface area contributed by atoms with E-state index < -0.39 is 5.60 Å². The van der Waals surface area contributed by atoms with Crippen molar-refractivity contribution in [3.8, 4) is 5.75 Å². The first-order valence-electron chi connectivity index (χ1n) is 11.2. The van der Waals surface area contributed by atoms with E-state index in [0.29, 0.717) is 5.92 Å². The van der Waals surface area contributed by atoms with E-state index in [1.165, 1.54) is 24.8 Å². The molecule has 0 aromatic heterocycles. The molecule has 3 rings (SSSR count). The van der Waals surface area contributed by atoms with Crippen LogP contribution in [0, 0.1) is 5.92 Å². The molecule has 0 bridgehead atoms. The zero-order chi connectivity index (χ0) is 20.7. The average molecular weight is 396 g/mol. The summed E-state index contributed by atoms with van der Waals surface area (Å²) in [5.74, 6) is 1.41. The van der Waals surface area contributed by atoms with Gasteiger partial charge in [-0.25, -0.2) is 0 Å². The van der Waals surface area contributed by atoms with Crippen molar-refractivity contribution in [3.05, 3.63) is 65.7 Å². The number of likely N-dealkylation sites (tertiary alicyclic amines) is 1. The summed E-state index contributed by atoms with van der Waals surface area (Å²) in [4.78, 5) is 2.55. The van der Waals surface area contributed by atoms with Gasteiger partial charge in [0.05, 0.1) is 12.7 Å². The van der Waals surface area contributed by atoms with Crippen LogP contribution in [-0.2, 0) is 5.60 Å². The van der Waals surface area contributed by atoms with Gasteiger partial charge in [-0.1, -0.05) is 62.7 Å². The highest BCUT2D eigenvalue weighted by Crippen LogP contribution is 2.42. The van der Waals surface area contributed by atoms with Gasteiger partial charge in [-0.3, -0.25) is 0 Å². The zero-order valence-corrected chi connectivity index (χ0v) is 18.3. The summed E-state index contributed by atoms with van der Waals surface area (Å²) in [5.41, 5.74) is 1.31. The van der Waals surface area contributed by atoms with E-state index in [4.69, 9.17) is 4.74 Å². The molecular formula is C26H37NO2. The first-order valence-corrected chi connectivity index (χ1v) is 11.2. The fourth-order valence-corrected chi connectivity index (χ4v) is 4.53. The number of nitrogens with zero attached hydrogens (tertiary/aromatic N) is 1. The van der Waals surface area contributed by atoms with Crippen molar-refractivity contribution in [2.75, 3.05) is 26.7 Å². The molecule has 1 fully saturated rings. The summed E-state index contributed by atoms with van der Waals surface area (Å²) >= 11 is 0. The van der Waals surface area contributed by atoms with E-state index in [1.54, 1.807) is 7.11 Å². The molecule has 2 atom stereocenters. The number of piperidine rings is 1. The number of rotatable bonds is 9. The van der Waals surface area contributed by atoms with E-state index in [0.717, 1.165) is 43.8 Å². The molecule has 1 heterocycles. The van der Waals surface area contributed by atoms with Crippen LogP contribution in [0.5, 0.6) is 5.75 Å². The lowest BCUT2D eigenvalue weighted by Crippen LogP contribution is -2.43. The monoisotopic (exact) mass is 395 g/mol. The summed E-state index contributed by atoms with van der Waals surface area (Å²) < 4.78 is 5.36. The predicted octanol–water partition coefficient (Wildman–Crippen LogP) is 5.59. The molecule has 3 nitrogen and oxygen atoms in total. The molecule has 158 valence electrons. The predicted molar refractivity (Wildman–Crippen MR) is 120 cm³/mol. The Labute approximate surface area is 176 Å². The molecule has 2 aromatic carbocycles. The van der Waals surface area contributed by atoms with E-state index in [-0.39, 0.29) is 5.92 Å². The Bertz CT molecular complexity index is 722. The maximum absolute atomic E-state index is 12.3. The molecule has 1 aliphatic rings. The third-order valence-electron chi connectivity index (χ3n) is 6.36. The Balaban J connectivity index is 1.99. The third kappa shape index (κ3) is 5.61. The van der Waals surface area contributed by atoms with Gasteiger partial charge in [-0.05, 0) is 68.0 Å². The van der Waals surface area contributed by atoms with Crippen LogP contribution in [0.15, 0.2) is 54.6 Å². The van der Waals surface area contributed by atoms with Gasteiger partial charge in [0.25, 0.3) is 0 Å². The van der Waals surface area contributed by atoms with Crippen molar-refractivity contribution in [3.63, 3.8) is 0 Å². The Morgan fingerprint density at radius 2 is 1.62 bits per heavy atom. The maximum Gasteiger partial charge on any atom is 0.118 e. The van der Waals surface area contributed by atoms with Crippen molar-refractivity contribution in [1.29, 1.82) is 0 Å². The summed E-state index contributed by atoms with van der Waals surface area (Å²) in [5, 5.41) is 12.3. The average Bonchev–Trinajstić information content (AvgIpc) is 2.77. The topological polar surface area (TPSA) is 32.7 Å². The van der Waals surface area contributed by atoms with E-state index in [9.17, 15) is 5.11 Å². The fraction of sp³-hybridized carbons (Fsp3) is 0.538.